The van der Waals surface area contributed by atoms with Gasteiger partial charge < -0.3 is 16.4 Å². The smallest absolute Gasteiger partial charge is 0.315 e. The van der Waals surface area contributed by atoms with E-state index in [1.54, 1.807) is 0 Å². The highest BCUT2D eigenvalue weighted by Crippen LogP contribution is 2.17. The molecule has 2 amide bonds. The lowest BCUT2D eigenvalue weighted by Gasteiger charge is -2.12. The predicted octanol–water partition coefficient (Wildman–Crippen LogP) is 1.51. The minimum Gasteiger partial charge on any atom is -0.375 e. The monoisotopic (exact) mass is 254 g/mol. The fourth-order valence-electron chi connectivity index (χ4n) is 2.05. The van der Waals surface area contributed by atoms with Crippen LogP contribution in [0.1, 0.15) is 31.4 Å². The lowest BCUT2D eigenvalue weighted by atomic mass is 10.2. The Balaban J connectivity index is 1.62. The number of carbonyl (C=O) groups is 1. The molecule has 17 heavy (non-hydrogen) atoms. The molecule has 94 valence electrons. The highest BCUT2D eigenvalue weighted by molar-refractivity contribution is 7.13. The largest absolute Gasteiger partial charge is 0.375 e. The van der Waals surface area contributed by atoms with Crippen molar-refractivity contribution in [3.8, 4) is 0 Å². The molecule has 1 aliphatic carbocycles. The van der Waals surface area contributed by atoms with E-state index in [0.717, 1.165) is 25.0 Å². The van der Waals surface area contributed by atoms with Gasteiger partial charge in [-0.15, -0.1) is 11.3 Å². The summed E-state index contributed by atoms with van der Waals surface area (Å²) in [4.78, 5) is 15.7. The van der Waals surface area contributed by atoms with Crippen molar-refractivity contribution < 1.29 is 4.79 Å². The van der Waals surface area contributed by atoms with Gasteiger partial charge in [-0.25, -0.2) is 9.78 Å². The molecule has 1 fully saturated rings. The van der Waals surface area contributed by atoms with Crippen LogP contribution >= 0.6 is 11.3 Å². The molecule has 1 saturated carbocycles. The van der Waals surface area contributed by atoms with Crippen LogP contribution in [0.5, 0.6) is 0 Å². The van der Waals surface area contributed by atoms with E-state index in [4.69, 9.17) is 5.73 Å². The number of carbonyl (C=O) groups excluding carboxylic acids is 1. The molecule has 1 aromatic rings. The molecule has 1 aromatic heterocycles. The number of rotatable bonds is 4. The van der Waals surface area contributed by atoms with Crippen molar-refractivity contribution in [1.82, 2.24) is 15.6 Å². The third-order valence-corrected chi connectivity index (χ3v) is 3.65. The number of anilines is 1. The Morgan fingerprint density at radius 1 is 1.53 bits per heavy atom. The quantitative estimate of drug-likeness (QED) is 0.762. The molecular weight excluding hydrogens is 236 g/mol. The average Bonchev–Trinajstić information content (AvgIpc) is 2.90. The van der Waals surface area contributed by atoms with Crippen molar-refractivity contribution in [3.05, 3.63) is 11.1 Å². The summed E-state index contributed by atoms with van der Waals surface area (Å²) in [5, 5.41) is 8.32. The molecule has 0 unspecified atom stereocenters. The van der Waals surface area contributed by atoms with Crippen molar-refractivity contribution in [2.24, 2.45) is 0 Å². The van der Waals surface area contributed by atoms with E-state index in [-0.39, 0.29) is 6.03 Å². The van der Waals surface area contributed by atoms with Gasteiger partial charge in [0.05, 0.1) is 5.69 Å². The summed E-state index contributed by atoms with van der Waals surface area (Å²) >= 11 is 1.43. The number of aromatic nitrogens is 1. The molecule has 0 saturated heterocycles. The number of hydrogen-bond donors (Lipinski definition) is 3. The second-order valence-electron chi connectivity index (χ2n) is 4.31. The number of hydrogen-bond acceptors (Lipinski definition) is 4. The first-order chi connectivity index (χ1) is 8.24. The lowest BCUT2D eigenvalue weighted by Crippen LogP contribution is -2.41. The Hall–Kier alpha value is -1.30. The molecule has 0 atom stereocenters. The van der Waals surface area contributed by atoms with E-state index in [0.29, 0.717) is 17.7 Å². The summed E-state index contributed by atoms with van der Waals surface area (Å²) in [6.45, 7) is 0.599. The minimum absolute atomic E-state index is 0.0694. The Bertz CT molecular complexity index is 373. The number of thiazole rings is 1. The van der Waals surface area contributed by atoms with Crippen molar-refractivity contribution in [2.45, 2.75) is 38.1 Å². The van der Waals surface area contributed by atoms with E-state index < -0.39 is 0 Å². The third kappa shape index (κ3) is 3.89. The normalized spacial score (nSPS) is 16.0. The molecule has 0 aliphatic heterocycles. The van der Waals surface area contributed by atoms with Crippen LogP contribution in [0.2, 0.25) is 0 Å². The van der Waals surface area contributed by atoms with E-state index in [1.165, 1.54) is 24.2 Å². The molecule has 0 aromatic carbocycles. The van der Waals surface area contributed by atoms with Gasteiger partial charge in [0.2, 0.25) is 0 Å². The van der Waals surface area contributed by atoms with Crippen LogP contribution in [-0.4, -0.2) is 23.6 Å². The molecule has 5 nitrogen and oxygen atoms in total. The van der Waals surface area contributed by atoms with Crippen LogP contribution < -0.4 is 16.4 Å². The Labute approximate surface area is 105 Å². The molecule has 1 aliphatic rings. The third-order valence-electron chi connectivity index (χ3n) is 2.93. The van der Waals surface area contributed by atoms with E-state index in [1.807, 2.05) is 5.38 Å². The summed E-state index contributed by atoms with van der Waals surface area (Å²) in [5.41, 5.74) is 6.47. The summed E-state index contributed by atoms with van der Waals surface area (Å²) < 4.78 is 0. The molecule has 2 rings (SSSR count). The van der Waals surface area contributed by atoms with Gasteiger partial charge in [-0.1, -0.05) is 12.8 Å². The van der Waals surface area contributed by atoms with Crippen LogP contribution in [0.25, 0.3) is 0 Å². The SMILES string of the molecule is Nc1nc(CCNC(=O)NC2CCCC2)cs1. The van der Waals surface area contributed by atoms with E-state index in [2.05, 4.69) is 15.6 Å². The summed E-state index contributed by atoms with van der Waals surface area (Å²) in [7, 11) is 0. The van der Waals surface area contributed by atoms with Crippen LogP contribution in [0.3, 0.4) is 0 Å². The second-order valence-corrected chi connectivity index (χ2v) is 5.20. The van der Waals surface area contributed by atoms with Crippen molar-refractivity contribution in [2.75, 3.05) is 12.3 Å². The number of amides is 2. The first-order valence-corrected chi connectivity index (χ1v) is 6.86. The topological polar surface area (TPSA) is 80.0 Å². The average molecular weight is 254 g/mol. The zero-order valence-corrected chi connectivity index (χ0v) is 10.6. The van der Waals surface area contributed by atoms with Crippen molar-refractivity contribution in [1.29, 1.82) is 0 Å². The number of nitrogens with one attached hydrogen (secondary N) is 2. The summed E-state index contributed by atoms with van der Waals surface area (Å²) in [6, 6.07) is 0.296. The molecule has 6 heteroatoms. The number of nitrogens with zero attached hydrogens (tertiary/aromatic N) is 1. The van der Waals surface area contributed by atoms with Gasteiger partial charge in [-0.3, -0.25) is 0 Å². The van der Waals surface area contributed by atoms with Crippen molar-refractivity contribution in [3.63, 3.8) is 0 Å². The van der Waals surface area contributed by atoms with Crippen LogP contribution in [0.15, 0.2) is 5.38 Å². The zero-order chi connectivity index (χ0) is 12.1. The molecular formula is C11H18N4OS. The van der Waals surface area contributed by atoms with E-state index >= 15 is 0 Å². The Morgan fingerprint density at radius 2 is 2.29 bits per heavy atom. The Morgan fingerprint density at radius 3 is 2.94 bits per heavy atom. The maximum atomic E-state index is 11.5. The summed E-state index contributed by atoms with van der Waals surface area (Å²) in [5.74, 6) is 0. The van der Waals surface area contributed by atoms with Gasteiger partial charge in [0.25, 0.3) is 0 Å². The van der Waals surface area contributed by atoms with Crippen LogP contribution in [0, 0.1) is 0 Å². The fourth-order valence-corrected chi connectivity index (χ4v) is 2.65. The first-order valence-electron chi connectivity index (χ1n) is 5.98. The van der Waals surface area contributed by atoms with Gasteiger partial charge in [0.15, 0.2) is 5.13 Å². The Kier molecular flexibility index (Phi) is 4.19. The zero-order valence-electron chi connectivity index (χ0n) is 9.74. The van der Waals surface area contributed by atoms with Crippen molar-refractivity contribution >= 4 is 22.5 Å². The number of urea groups is 1. The highest BCUT2D eigenvalue weighted by Gasteiger charge is 2.16. The van der Waals surface area contributed by atoms with Gasteiger partial charge in [0, 0.05) is 24.4 Å². The van der Waals surface area contributed by atoms with E-state index in [9.17, 15) is 4.79 Å². The lowest BCUT2D eigenvalue weighted by molar-refractivity contribution is 0.237. The standard InChI is InChI=1S/C11H18N4OS/c12-10-14-9(7-17-10)5-6-13-11(16)15-8-3-1-2-4-8/h7-8H,1-6H2,(H2,12,14)(H2,13,15,16). The highest BCUT2D eigenvalue weighted by atomic mass is 32.1. The predicted molar refractivity (Wildman–Crippen MR) is 69.0 cm³/mol. The molecule has 0 spiro atoms. The molecule has 0 radical (unpaired) electrons. The molecule has 4 N–H and O–H groups in total. The molecule has 0 bridgehead atoms. The molecule has 1 heterocycles. The first kappa shape index (κ1) is 12.2. The number of nitrogens with two attached hydrogens (primary N) is 1. The maximum absolute atomic E-state index is 11.5. The van der Waals surface area contributed by atoms with Gasteiger partial charge in [-0.05, 0) is 12.8 Å². The summed E-state index contributed by atoms with van der Waals surface area (Å²) in [6.07, 6.45) is 5.39. The van der Waals surface area contributed by atoms with Gasteiger partial charge >= 0.3 is 6.03 Å². The van der Waals surface area contributed by atoms with Gasteiger partial charge in [0.1, 0.15) is 0 Å². The van der Waals surface area contributed by atoms with Gasteiger partial charge in [-0.2, -0.15) is 0 Å². The van der Waals surface area contributed by atoms with Crippen LogP contribution in [0.4, 0.5) is 9.93 Å². The minimum atomic E-state index is -0.0694. The number of nitrogen functional groups attached to an aromatic ring is 1. The second kappa shape index (κ2) is 5.86. The maximum Gasteiger partial charge on any atom is 0.315 e. The fraction of sp³-hybridized carbons (Fsp3) is 0.636. The van der Waals surface area contributed by atoms with Crippen LogP contribution in [-0.2, 0) is 6.42 Å².